The van der Waals surface area contributed by atoms with Crippen LogP contribution in [0.15, 0.2) is 60.8 Å². The van der Waals surface area contributed by atoms with E-state index in [1.54, 1.807) is 49.7 Å². The van der Waals surface area contributed by atoms with Crippen LogP contribution >= 0.6 is 0 Å². The predicted molar refractivity (Wildman–Crippen MR) is 104 cm³/mol. The van der Waals surface area contributed by atoms with Crippen LogP contribution in [-0.4, -0.2) is 18.0 Å². The van der Waals surface area contributed by atoms with E-state index in [1.165, 1.54) is 6.07 Å². The van der Waals surface area contributed by atoms with Gasteiger partial charge in [-0.1, -0.05) is 24.3 Å². The Balaban J connectivity index is 1.65. The number of anilines is 2. The summed E-state index contributed by atoms with van der Waals surface area (Å²) in [5.74, 6) is -0.0160. The minimum absolute atomic E-state index is 0.263. The zero-order valence-corrected chi connectivity index (χ0v) is 15.1. The van der Waals surface area contributed by atoms with E-state index >= 15 is 0 Å². The number of halogens is 1. The van der Waals surface area contributed by atoms with Crippen LogP contribution < -0.4 is 15.4 Å². The predicted octanol–water partition coefficient (Wildman–Crippen LogP) is 4.40. The van der Waals surface area contributed by atoms with Crippen LogP contribution in [0.2, 0.25) is 0 Å². The molecule has 0 fully saturated rings. The van der Waals surface area contributed by atoms with E-state index in [0.29, 0.717) is 29.2 Å². The standard InChI is InChI=1S/C21H20FN3O2/c1-14-7-10-20(27-2)19(11-14)25-21(26)18-9-8-16(13-24-18)23-12-15-5-3-4-6-17(15)22/h3-11,13,23H,12H2,1-2H3,(H,25,26). The molecule has 0 saturated carbocycles. The molecule has 3 rings (SSSR count). The summed E-state index contributed by atoms with van der Waals surface area (Å²) in [5.41, 5.74) is 3.13. The highest BCUT2D eigenvalue weighted by Gasteiger charge is 2.11. The number of carbonyl (C=O) groups is 1. The lowest BCUT2D eigenvalue weighted by atomic mass is 10.2. The molecule has 27 heavy (non-hydrogen) atoms. The van der Waals surface area contributed by atoms with Gasteiger partial charge >= 0.3 is 0 Å². The van der Waals surface area contributed by atoms with E-state index in [9.17, 15) is 9.18 Å². The number of hydrogen-bond donors (Lipinski definition) is 2. The summed E-state index contributed by atoms with van der Waals surface area (Å²) < 4.78 is 18.9. The number of methoxy groups -OCH3 is 1. The number of aryl methyl sites for hydroxylation is 1. The lowest BCUT2D eigenvalue weighted by molar-refractivity contribution is 0.102. The van der Waals surface area contributed by atoms with Gasteiger partial charge in [0.2, 0.25) is 0 Å². The van der Waals surface area contributed by atoms with Crippen molar-refractivity contribution in [1.29, 1.82) is 0 Å². The molecule has 2 aromatic carbocycles. The first-order valence-corrected chi connectivity index (χ1v) is 8.46. The summed E-state index contributed by atoms with van der Waals surface area (Å²) in [6.07, 6.45) is 1.54. The average Bonchev–Trinajstić information content (AvgIpc) is 2.68. The Labute approximate surface area is 157 Å². The number of carbonyl (C=O) groups excluding carboxylic acids is 1. The highest BCUT2D eigenvalue weighted by molar-refractivity contribution is 6.03. The number of nitrogens with one attached hydrogen (secondary N) is 2. The third kappa shape index (κ3) is 4.61. The summed E-state index contributed by atoms with van der Waals surface area (Å²) in [4.78, 5) is 16.6. The van der Waals surface area contributed by atoms with Crippen molar-refractivity contribution in [3.8, 4) is 5.75 Å². The van der Waals surface area contributed by atoms with Crippen molar-refractivity contribution in [2.24, 2.45) is 0 Å². The molecule has 0 radical (unpaired) electrons. The van der Waals surface area contributed by atoms with Gasteiger partial charge in [0.15, 0.2) is 0 Å². The van der Waals surface area contributed by atoms with E-state index in [-0.39, 0.29) is 17.4 Å². The van der Waals surface area contributed by atoms with Gasteiger partial charge in [-0.25, -0.2) is 9.37 Å². The van der Waals surface area contributed by atoms with Gasteiger partial charge in [-0.2, -0.15) is 0 Å². The van der Waals surface area contributed by atoms with Crippen LogP contribution in [-0.2, 0) is 6.54 Å². The number of ether oxygens (including phenoxy) is 1. The fraction of sp³-hybridized carbons (Fsp3) is 0.143. The van der Waals surface area contributed by atoms with Gasteiger partial charge in [-0.05, 0) is 42.8 Å². The molecule has 2 N–H and O–H groups in total. The third-order valence-electron chi connectivity index (χ3n) is 4.04. The number of pyridine rings is 1. The van der Waals surface area contributed by atoms with Crippen LogP contribution in [0.25, 0.3) is 0 Å². The van der Waals surface area contributed by atoms with E-state index in [4.69, 9.17) is 4.74 Å². The lowest BCUT2D eigenvalue weighted by Crippen LogP contribution is -2.14. The van der Waals surface area contributed by atoms with Gasteiger partial charge in [-0.3, -0.25) is 4.79 Å². The minimum Gasteiger partial charge on any atom is -0.495 e. The number of nitrogens with zero attached hydrogens (tertiary/aromatic N) is 1. The molecule has 1 amide bonds. The molecular formula is C21H20FN3O2. The second-order valence-corrected chi connectivity index (χ2v) is 6.03. The van der Waals surface area contributed by atoms with Crippen molar-refractivity contribution in [2.75, 3.05) is 17.7 Å². The van der Waals surface area contributed by atoms with E-state index < -0.39 is 0 Å². The summed E-state index contributed by atoms with van der Waals surface area (Å²) in [7, 11) is 1.55. The van der Waals surface area contributed by atoms with Crippen LogP contribution in [0.3, 0.4) is 0 Å². The maximum Gasteiger partial charge on any atom is 0.274 e. The van der Waals surface area contributed by atoms with Crippen molar-refractivity contribution in [3.63, 3.8) is 0 Å². The monoisotopic (exact) mass is 365 g/mol. The molecule has 138 valence electrons. The van der Waals surface area contributed by atoms with Gasteiger partial charge in [0.25, 0.3) is 5.91 Å². The first kappa shape index (κ1) is 18.4. The maximum absolute atomic E-state index is 13.6. The van der Waals surface area contributed by atoms with Crippen molar-refractivity contribution in [3.05, 3.63) is 83.4 Å². The second-order valence-electron chi connectivity index (χ2n) is 6.03. The van der Waals surface area contributed by atoms with Crippen LogP contribution in [0.1, 0.15) is 21.6 Å². The smallest absolute Gasteiger partial charge is 0.274 e. The van der Waals surface area contributed by atoms with Crippen LogP contribution in [0.4, 0.5) is 15.8 Å². The molecule has 3 aromatic rings. The fourth-order valence-electron chi connectivity index (χ4n) is 2.58. The van der Waals surface area contributed by atoms with Crippen molar-refractivity contribution < 1.29 is 13.9 Å². The zero-order valence-electron chi connectivity index (χ0n) is 15.1. The van der Waals surface area contributed by atoms with Gasteiger partial charge in [-0.15, -0.1) is 0 Å². The Kier molecular flexibility index (Phi) is 5.66. The molecule has 6 heteroatoms. The van der Waals surface area contributed by atoms with Gasteiger partial charge in [0.05, 0.1) is 24.7 Å². The first-order valence-electron chi connectivity index (χ1n) is 8.46. The van der Waals surface area contributed by atoms with E-state index in [2.05, 4.69) is 15.6 Å². The number of hydrogen-bond acceptors (Lipinski definition) is 4. The molecule has 0 aliphatic heterocycles. The molecule has 1 heterocycles. The fourth-order valence-corrected chi connectivity index (χ4v) is 2.58. The normalized spacial score (nSPS) is 10.3. The summed E-state index contributed by atoms with van der Waals surface area (Å²) >= 11 is 0. The molecule has 0 aliphatic rings. The quantitative estimate of drug-likeness (QED) is 0.679. The van der Waals surface area contributed by atoms with Crippen molar-refractivity contribution in [2.45, 2.75) is 13.5 Å². The number of aromatic nitrogens is 1. The molecular weight excluding hydrogens is 345 g/mol. The zero-order chi connectivity index (χ0) is 19.2. The molecule has 0 spiro atoms. The van der Waals surface area contributed by atoms with E-state index in [0.717, 1.165) is 5.56 Å². The Morgan fingerprint density at radius 1 is 1.15 bits per heavy atom. The first-order chi connectivity index (χ1) is 13.1. The van der Waals surface area contributed by atoms with Crippen LogP contribution in [0, 0.1) is 12.7 Å². The molecule has 0 saturated heterocycles. The van der Waals surface area contributed by atoms with Gasteiger partial charge < -0.3 is 15.4 Å². The Morgan fingerprint density at radius 3 is 2.67 bits per heavy atom. The van der Waals surface area contributed by atoms with Crippen molar-refractivity contribution in [1.82, 2.24) is 4.98 Å². The largest absolute Gasteiger partial charge is 0.495 e. The van der Waals surface area contributed by atoms with E-state index in [1.807, 2.05) is 19.1 Å². The molecule has 1 aromatic heterocycles. The third-order valence-corrected chi connectivity index (χ3v) is 4.04. The number of amides is 1. The Hall–Kier alpha value is -3.41. The molecule has 0 bridgehead atoms. The summed E-state index contributed by atoms with van der Waals surface area (Å²) in [5, 5.41) is 5.90. The SMILES string of the molecule is COc1ccc(C)cc1NC(=O)c1ccc(NCc2ccccc2F)cn1. The summed E-state index contributed by atoms with van der Waals surface area (Å²) in [6.45, 7) is 2.27. The maximum atomic E-state index is 13.6. The topological polar surface area (TPSA) is 63.2 Å². The number of benzene rings is 2. The van der Waals surface area contributed by atoms with Crippen LogP contribution in [0.5, 0.6) is 5.75 Å². The summed E-state index contributed by atoms with van der Waals surface area (Å²) in [6, 6.07) is 15.5. The average molecular weight is 365 g/mol. The Morgan fingerprint density at radius 2 is 1.96 bits per heavy atom. The number of rotatable bonds is 6. The van der Waals surface area contributed by atoms with Crippen molar-refractivity contribution >= 4 is 17.3 Å². The molecule has 0 aliphatic carbocycles. The molecule has 0 unspecified atom stereocenters. The van der Waals surface area contributed by atoms with Gasteiger partial charge in [0.1, 0.15) is 17.3 Å². The highest BCUT2D eigenvalue weighted by atomic mass is 19.1. The van der Waals surface area contributed by atoms with Gasteiger partial charge in [0, 0.05) is 12.1 Å². The lowest BCUT2D eigenvalue weighted by Gasteiger charge is -2.11. The molecule has 0 atom stereocenters. The second kappa shape index (κ2) is 8.31. The Bertz CT molecular complexity index is 942. The highest BCUT2D eigenvalue weighted by Crippen LogP contribution is 2.25. The molecule has 5 nitrogen and oxygen atoms in total. The minimum atomic E-state index is -0.334.